The second-order valence-electron chi connectivity index (χ2n) is 4.09. The zero-order valence-electron chi connectivity index (χ0n) is 10.9. The van der Waals surface area contributed by atoms with Gasteiger partial charge in [0.15, 0.2) is 0 Å². The molecular weight excluding hydrogens is 302 g/mol. The van der Waals surface area contributed by atoms with Crippen LogP contribution < -0.4 is 10.1 Å². The quantitative estimate of drug-likeness (QED) is 0.663. The lowest BCUT2D eigenvalue weighted by Crippen LogP contribution is -2.42. The molecule has 1 aromatic rings. The van der Waals surface area contributed by atoms with Gasteiger partial charge in [-0.2, -0.15) is 0 Å². The van der Waals surface area contributed by atoms with Crippen molar-refractivity contribution in [1.29, 1.82) is 0 Å². The third kappa shape index (κ3) is 6.13. The minimum absolute atomic E-state index is 0.00498. The van der Waals surface area contributed by atoms with E-state index in [4.69, 9.17) is 26.6 Å². The Bertz CT molecular complexity index is 533. The van der Waals surface area contributed by atoms with Crippen LogP contribution in [-0.4, -0.2) is 40.7 Å². The molecule has 0 fully saturated rings. The van der Waals surface area contributed by atoms with E-state index in [1.54, 1.807) is 24.3 Å². The van der Waals surface area contributed by atoms with E-state index < -0.39 is 30.3 Å². The molecule has 1 rings (SSSR count). The molecule has 0 spiro atoms. The topological polar surface area (TPSA) is 113 Å². The van der Waals surface area contributed by atoms with Gasteiger partial charge in [-0.1, -0.05) is 23.7 Å². The van der Waals surface area contributed by atoms with Crippen LogP contribution >= 0.6 is 11.6 Å². The van der Waals surface area contributed by atoms with Crippen molar-refractivity contribution in [3.05, 3.63) is 29.3 Å². The summed E-state index contributed by atoms with van der Waals surface area (Å²) < 4.78 is 5.27. The number of carbonyl (C=O) groups is 3. The zero-order chi connectivity index (χ0) is 15.8. The van der Waals surface area contributed by atoms with Crippen LogP contribution in [-0.2, 0) is 14.4 Å². The first-order valence-corrected chi connectivity index (χ1v) is 6.39. The van der Waals surface area contributed by atoms with Gasteiger partial charge in [-0.3, -0.25) is 9.59 Å². The fourth-order valence-electron chi connectivity index (χ4n) is 1.46. The Kier molecular flexibility index (Phi) is 6.48. The van der Waals surface area contributed by atoms with Crippen molar-refractivity contribution in [3.63, 3.8) is 0 Å². The minimum Gasteiger partial charge on any atom is -0.491 e. The van der Waals surface area contributed by atoms with Crippen molar-refractivity contribution >= 4 is 29.4 Å². The molecule has 7 nitrogen and oxygen atoms in total. The maximum absolute atomic E-state index is 11.5. The lowest BCUT2D eigenvalue weighted by Gasteiger charge is -2.13. The Morgan fingerprint density at radius 2 is 1.90 bits per heavy atom. The molecule has 1 atom stereocenters. The summed E-state index contributed by atoms with van der Waals surface area (Å²) in [5, 5.41) is 19.8. The van der Waals surface area contributed by atoms with Crippen LogP contribution in [0.3, 0.4) is 0 Å². The lowest BCUT2D eigenvalue weighted by atomic mass is 10.2. The Morgan fingerprint density at radius 3 is 2.48 bits per heavy atom. The molecule has 1 amide bonds. The highest BCUT2D eigenvalue weighted by molar-refractivity contribution is 6.32. The van der Waals surface area contributed by atoms with Crippen molar-refractivity contribution < 1.29 is 29.3 Å². The number of ether oxygens (including phenoxy) is 1. The third-order valence-corrected chi connectivity index (χ3v) is 2.75. The fourth-order valence-corrected chi connectivity index (χ4v) is 1.65. The average Bonchev–Trinajstić information content (AvgIpc) is 2.39. The van der Waals surface area contributed by atoms with Gasteiger partial charge < -0.3 is 20.3 Å². The van der Waals surface area contributed by atoms with Gasteiger partial charge in [-0.15, -0.1) is 0 Å². The van der Waals surface area contributed by atoms with Crippen LogP contribution in [0.25, 0.3) is 0 Å². The predicted octanol–water partition coefficient (Wildman–Crippen LogP) is 1.15. The number of nitrogens with one attached hydrogen (secondary N) is 1. The number of benzene rings is 1. The van der Waals surface area contributed by atoms with Gasteiger partial charge in [0.05, 0.1) is 24.5 Å². The van der Waals surface area contributed by atoms with E-state index in [-0.39, 0.29) is 13.0 Å². The van der Waals surface area contributed by atoms with Crippen molar-refractivity contribution in [2.45, 2.75) is 18.9 Å². The molecule has 0 heterocycles. The molecule has 0 aliphatic heterocycles. The largest absolute Gasteiger partial charge is 0.491 e. The van der Waals surface area contributed by atoms with E-state index >= 15 is 0 Å². The van der Waals surface area contributed by atoms with Crippen LogP contribution in [0, 0.1) is 0 Å². The van der Waals surface area contributed by atoms with Crippen LogP contribution in [0.5, 0.6) is 5.75 Å². The Balaban J connectivity index is 2.41. The molecule has 0 saturated heterocycles. The number of carboxylic acid groups (broad SMARTS) is 2. The molecule has 0 saturated carbocycles. The normalized spacial score (nSPS) is 11.5. The molecule has 0 aromatic heterocycles. The van der Waals surface area contributed by atoms with E-state index in [2.05, 4.69) is 5.32 Å². The van der Waals surface area contributed by atoms with Gasteiger partial charge in [0.1, 0.15) is 11.8 Å². The van der Waals surface area contributed by atoms with E-state index in [0.717, 1.165) is 0 Å². The summed E-state index contributed by atoms with van der Waals surface area (Å²) in [5.41, 5.74) is 0. The predicted molar refractivity (Wildman–Crippen MR) is 73.4 cm³/mol. The SMILES string of the molecule is O=C(O)CC(NC(=O)CCOc1ccccc1Cl)C(=O)O. The Morgan fingerprint density at radius 1 is 1.24 bits per heavy atom. The summed E-state index contributed by atoms with van der Waals surface area (Å²) >= 11 is 5.85. The average molecular weight is 316 g/mol. The first kappa shape index (κ1) is 16.8. The van der Waals surface area contributed by atoms with E-state index in [0.29, 0.717) is 10.8 Å². The summed E-state index contributed by atoms with van der Waals surface area (Å²) in [6.07, 6.45) is -0.804. The van der Waals surface area contributed by atoms with Gasteiger partial charge >= 0.3 is 11.9 Å². The van der Waals surface area contributed by atoms with Gasteiger partial charge in [-0.05, 0) is 12.1 Å². The summed E-state index contributed by atoms with van der Waals surface area (Å²) in [7, 11) is 0. The van der Waals surface area contributed by atoms with Crippen molar-refractivity contribution in [2.75, 3.05) is 6.61 Å². The number of carboxylic acids is 2. The van der Waals surface area contributed by atoms with E-state index in [9.17, 15) is 14.4 Å². The second-order valence-corrected chi connectivity index (χ2v) is 4.49. The van der Waals surface area contributed by atoms with Gasteiger partial charge in [0.25, 0.3) is 0 Å². The molecule has 21 heavy (non-hydrogen) atoms. The molecule has 114 valence electrons. The summed E-state index contributed by atoms with van der Waals surface area (Å²) in [6, 6.07) is 5.24. The first-order chi connectivity index (χ1) is 9.90. The van der Waals surface area contributed by atoms with E-state index in [1.807, 2.05) is 0 Å². The Hall–Kier alpha value is -2.28. The van der Waals surface area contributed by atoms with E-state index in [1.165, 1.54) is 0 Å². The highest BCUT2D eigenvalue weighted by atomic mass is 35.5. The number of rotatable bonds is 8. The van der Waals surface area contributed by atoms with Crippen LogP contribution in [0.4, 0.5) is 0 Å². The van der Waals surface area contributed by atoms with Gasteiger partial charge in [0.2, 0.25) is 5.91 Å². The number of amides is 1. The second kappa shape index (κ2) is 8.11. The maximum atomic E-state index is 11.5. The molecule has 0 radical (unpaired) electrons. The molecule has 0 aliphatic carbocycles. The summed E-state index contributed by atoms with van der Waals surface area (Å²) in [6.45, 7) is -0.00498. The summed E-state index contributed by atoms with van der Waals surface area (Å²) in [4.78, 5) is 32.8. The smallest absolute Gasteiger partial charge is 0.326 e. The summed E-state index contributed by atoms with van der Waals surface area (Å²) in [5.74, 6) is -2.92. The Labute approximate surface area is 125 Å². The number of hydrogen-bond donors (Lipinski definition) is 3. The van der Waals surface area contributed by atoms with Crippen molar-refractivity contribution in [2.24, 2.45) is 0 Å². The van der Waals surface area contributed by atoms with Crippen molar-refractivity contribution in [3.8, 4) is 5.75 Å². The number of carbonyl (C=O) groups excluding carboxylic acids is 1. The standard InChI is InChI=1S/C13H14ClNO6/c14-8-3-1-2-4-10(8)21-6-5-11(16)15-9(13(19)20)7-12(17)18/h1-4,9H,5-7H2,(H,15,16)(H,17,18)(H,19,20). The zero-order valence-corrected chi connectivity index (χ0v) is 11.7. The molecule has 8 heteroatoms. The van der Waals surface area contributed by atoms with Gasteiger partial charge in [0, 0.05) is 0 Å². The highest BCUT2D eigenvalue weighted by Gasteiger charge is 2.22. The van der Waals surface area contributed by atoms with Gasteiger partial charge in [-0.25, -0.2) is 4.79 Å². The number of halogens is 1. The molecule has 0 aliphatic rings. The molecule has 1 unspecified atom stereocenters. The molecule has 1 aromatic carbocycles. The number of para-hydroxylation sites is 1. The third-order valence-electron chi connectivity index (χ3n) is 2.44. The highest BCUT2D eigenvalue weighted by Crippen LogP contribution is 2.22. The minimum atomic E-state index is -1.46. The number of hydrogen-bond acceptors (Lipinski definition) is 4. The van der Waals surface area contributed by atoms with Crippen LogP contribution in [0.2, 0.25) is 5.02 Å². The lowest BCUT2D eigenvalue weighted by molar-refractivity contribution is -0.147. The van der Waals surface area contributed by atoms with Crippen LogP contribution in [0.15, 0.2) is 24.3 Å². The fraction of sp³-hybridized carbons (Fsp3) is 0.308. The van der Waals surface area contributed by atoms with Crippen molar-refractivity contribution in [1.82, 2.24) is 5.32 Å². The maximum Gasteiger partial charge on any atom is 0.326 e. The molecule has 0 bridgehead atoms. The first-order valence-electron chi connectivity index (χ1n) is 6.01. The molecular formula is C13H14ClNO6. The number of aliphatic carboxylic acids is 2. The monoisotopic (exact) mass is 315 g/mol. The van der Waals surface area contributed by atoms with Crippen LogP contribution in [0.1, 0.15) is 12.8 Å². The molecule has 3 N–H and O–H groups in total.